The van der Waals surface area contributed by atoms with Gasteiger partial charge in [-0.1, -0.05) is 17.7 Å². The average molecular weight is 446 g/mol. The van der Waals surface area contributed by atoms with Crippen LogP contribution in [0.1, 0.15) is 28.4 Å². The molecule has 4 amide bonds. The molecule has 1 heterocycles. The molecule has 0 radical (unpaired) electrons. The number of amides is 4. The predicted octanol–water partition coefficient (Wildman–Crippen LogP) is 2.76. The van der Waals surface area contributed by atoms with Gasteiger partial charge in [0.2, 0.25) is 5.91 Å². The molecule has 3 rings (SSSR count). The Morgan fingerprint density at radius 2 is 1.94 bits per heavy atom. The first-order chi connectivity index (χ1) is 14.6. The number of methoxy groups -OCH3 is 1. The molecule has 2 aromatic carbocycles. The number of aromatic carboxylic acids is 1. The molecule has 0 saturated carbocycles. The first kappa shape index (κ1) is 22.1. The Morgan fingerprint density at radius 1 is 1.23 bits per heavy atom. The van der Waals surface area contributed by atoms with E-state index in [1.54, 1.807) is 25.1 Å². The van der Waals surface area contributed by atoms with Gasteiger partial charge in [0.25, 0.3) is 5.91 Å². The summed E-state index contributed by atoms with van der Waals surface area (Å²) < 4.78 is 5.22. The summed E-state index contributed by atoms with van der Waals surface area (Å²) in [6.45, 7) is 2.83. The molecule has 9 nitrogen and oxygen atoms in total. The fraction of sp³-hybridized carbons (Fsp3) is 0.238. The summed E-state index contributed by atoms with van der Waals surface area (Å²) in [5, 5.41) is 14.3. The van der Waals surface area contributed by atoms with E-state index in [0.29, 0.717) is 11.3 Å². The molecule has 1 aliphatic rings. The number of hydrogen-bond acceptors (Lipinski definition) is 5. The second kappa shape index (κ2) is 8.27. The number of benzene rings is 2. The number of anilines is 1. The number of carboxylic acid groups (broad SMARTS) is 1. The highest BCUT2D eigenvalue weighted by molar-refractivity contribution is 6.33. The molecule has 0 aromatic heterocycles. The number of ether oxygens (including phenoxy) is 1. The minimum Gasteiger partial charge on any atom is -0.496 e. The van der Waals surface area contributed by atoms with Crippen molar-refractivity contribution in [2.45, 2.75) is 19.4 Å². The van der Waals surface area contributed by atoms with E-state index in [0.717, 1.165) is 10.5 Å². The normalized spacial score (nSPS) is 18.0. The van der Waals surface area contributed by atoms with Crippen molar-refractivity contribution in [2.24, 2.45) is 0 Å². The Labute approximate surface area is 182 Å². The van der Waals surface area contributed by atoms with E-state index in [1.165, 1.54) is 25.3 Å². The SMILES string of the molecule is COc1ccc(C2(C)NC(=O)N(CC(=O)Nc3ccc(Cl)c(C(=O)O)c3)C2=O)cc1C. The molecule has 3 N–H and O–H groups in total. The fourth-order valence-corrected chi connectivity index (χ4v) is 3.54. The van der Waals surface area contributed by atoms with Crippen molar-refractivity contribution in [1.29, 1.82) is 0 Å². The Hall–Kier alpha value is -3.59. The van der Waals surface area contributed by atoms with E-state index in [4.69, 9.17) is 21.4 Å². The highest BCUT2D eigenvalue weighted by Crippen LogP contribution is 2.31. The third-order valence-corrected chi connectivity index (χ3v) is 5.36. The molecular formula is C21H20ClN3O6. The lowest BCUT2D eigenvalue weighted by Crippen LogP contribution is -2.42. The maximum atomic E-state index is 13.0. The Balaban J connectivity index is 1.77. The number of carbonyl (C=O) groups is 4. The molecule has 0 spiro atoms. The predicted molar refractivity (Wildman–Crippen MR) is 112 cm³/mol. The Morgan fingerprint density at radius 3 is 2.55 bits per heavy atom. The Bertz CT molecular complexity index is 1100. The number of carbonyl (C=O) groups excluding carboxylic acids is 3. The van der Waals surface area contributed by atoms with Crippen LogP contribution in [0.15, 0.2) is 36.4 Å². The van der Waals surface area contributed by atoms with Crippen LogP contribution in [-0.4, -0.2) is 47.5 Å². The Kier molecular flexibility index (Phi) is 5.90. The van der Waals surface area contributed by atoms with Crippen LogP contribution in [0.4, 0.5) is 10.5 Å². The first-order valence-corrected chi connectivity index (χ1v) is 9.56. The molecule has 0 bridgehead atoms. The number of imide groups is 1. The lowest BCUT2D eigenvalue weighted by molar-refractivity contribution is -0.133. The third kappa shape index (κ3) is 4.17. The van der Waals surface area contributed by atoms with E-state index in [2.05, 4.69) is 10.6 Å². The molecule has 1 aliphatic heterocycles. The summed E-state index contributed by atoms with van der Waals surface area (Å²) in [6.07, 6.45) is 0. The highest BCUT2D eigenvalue weighted by atomic mass is 35.5. The van der Waals surface area contributed by atoms with Gasteiger partial charge in [-0.15, -0.1) is 0 Å². The van der Waals surface area contributed by atoms with Crippen LogP contribution in [0, 0.1) is 6.92 Å². The average Bonchev–Trinajstić information content (AvgIpc) is 2.93. The monoisotopic (exact) mass is 445 g/mol. The van der Waals surface area contributed by atoms with E-state index < -0.39 is 35.9 Å². The molecule has 1 saturated heterocycles. The minimum absolute atomic E-state index is 0.0187. The van der Waals surface area contributed by atoms with Gasteiger partial charge in [-0.2, -0.15) is 0 Å². The van der Waals surface area contributed by atoms with E-state index >= 15 is 0 Å². The lowest BCUT2D eigenvalue weighted by atomic mass is 9.90. The molecule has 1 fully saturated rings. The van der Waals surface area contributed by atoms with Gasteiger partial charge in [0, 0.05) is 5.69 Å². The molecule has 1 atom stereocenters. The van der Waals surface area contributed by atoms with Crippen LogP contribution in [0.5, 0.6) is 5.75 Å². The van der Waals surface area contributed by atoms with Crippen molar-refractivity contribution in [3.8, 4) is 5.75 Å². The third-order valence-electron chi connectivity index (χ3n) is 5.03. The summed E-state index contributed by atoms with van der Waals surface area (Å²) in [4.78, 5) is 49.9. The van der Waals surface area contributed by atoms with Crippen molar-refractivity contribution < 1.29 is 29.0 Å². The van der Waals surface area contributed by atoms with Crippen LogP contribution in [0.3, 0.4) is 0 Å². The minimum atomic E-state index is -1.34. The number of halogens is 1. The van der Waals surface area contributed by atoms with Crippen molar-refractivity contribution in [3.63, 3.8) is 0 Å². The molecule has 1 unspecified atom stereocenters. The highest BCUT2D eigenvalue weighted by Gasteiger charge is 2.49. The van der Waals surface area contributed by atoms with Gasteiger partial charge >= 0.3 is 12.0 Å². The zero-order valence-electron chi connectivity index (χ0n) is 17.0. The van der Waals surface area contributed by atoms with E-state index in [9.17, 15) is 19.2 Å². The first-order valence-electron chi connectivity index (χ1n) is 9.18. The van der Waals surface area contributed by atoms with E-state index in [-0.39, 0.29) is 16.3 Å². The zero-order valence-corrected chi connectivity index (χ0v) is 17.7. The van der Waals surface area contributed by atoms with Crippen molar-refractivity contribution in [2.75, 3.05) is 19.0 Å². The van der Waals surface area contributed by atoms with Gasteiger partial charge < -0.3 is 20.5 Å². The summed E-state index contributed by atoms with van der Waals surface area (Å²) in [5.74, 6) is -1.86. The smallest absolute Gasteiger partial charge is 0.337 e. The van der Waals surface area contributed by atoms with Crippen molar-refractivity contribution >= 4 is 41.1 Å². The summed E-state index contributed by atoms with van der Waals surface area (Å²) in [7, 11) is 1.53. The van der Waals surface area contributed by atoms with Crippen LogP contribution < -0.4 is 15.4 Å². The quantitative estimate of drug-likeness (QED) is 0.587. The number of carboxylic acids is 1. The van der Waals surface area contributed by atoms with Gasteiger partial charge in [0.05, 0.1) is 17.7 Å². The topological polar surface area (TPSA) is 125 Å². The second-order valence-corrected chi connectivity index (χ2v) is 7.59. The van der Waals surface area contributed by atoms with Crippen molar-refractivity contribution in [1.82, 2.24) is 10.2 Å². The molecular weight excluding hydrogens is 426 g/mol. The van der Waals surface area contributed by atoms with Gasteiger partial charge in [0.1, 0.15) is 17.8 Å². The number of aryl methyl sites for hydroxylation is 1. The number of nitrogens with one attached hydrogen (secondary N) is 2. The van der Waals surface area contributed by atoms with Crippen LogP contribution in [-0.2, 0) is 15.1 Å². The standard InChI is InChI=1S/C21H20ClN3O6/c1-11-8-12(4-7-16(11)31-3)21(2)19(29)25(20(30)24-21)10-17(26)23-13-5-6-15(22)14(9-13)18(27)28/h4-9H,10H2,1-3H3,(H,23,26)(H,24,30)(H,27,28). The summed E-state index contributed by atoms with van der Waals surface area (Å²) in [6, 6.07) is 8.35. The number of rotatable bonds is 6. The molecule has 2 aromatic rings. The van der Waals surface area contributed by atoms with Gasteiger partial charge in [-0.3, -0.25) is 14.5 Å². The van der Waals surface area contributed by atoms with Gasteiger partial charge in [0.15, 0.2) is 0 Å². The zero-order chi connectivity index (χ0) is 22.9. The molecule has 10 heteroatoms. The van der Waals surface area contributed by atoms with Crippen LogP contribution >= 0.6 is 11.6 Å². The maximum absolute atomic E-state index is 13.0. The van der Waals surface area contributed by atoms with Gasteiger partial charge in [-0.05, 0) is 55.3 Å². The molecule has 162 valence electrons. The van der Waals surface area contributed by atoms with Crippen molar-refractivity contribution in [3.05, 3.63) is 58.1 Å². The number of hydrogen-bond donors (Lipinski definition) is 3. The summed E-state index contributed by atoms with van der Waals surface area (Å²) >= 11 is 5.82. The van der Waals surface area contributed by atoms with Crippen LogP contribution in [0.25, 0.3) is 0 Å². The largest absolute Gasteiger partial charge is 0.496 e. The molecule has 31 heavy (non-hydrogen) atoms. The fourth-order valence-electron chi connectivity index (χ4n) is 3.34. The number of nitrogens with zero attached hydrogens (tertiary/aromatic N) is 1. The lowest BCUT2D eigenvalue weighted by Gasteiger charge is -2.23. The van der Waals surface area contributed by atoms with Crippen LogP contribution in [0.2, 0.25) is 5.02 Å². The second-order valence-electron chi connectivity index (χ2n) is 7.18. The maximum Gasteiger partial charge on any atom is 0.337 e. The summed E-state index contributed by atoms with van der Waals surface area (Å²) in [5.41, 5.74) is -0.0119. The molecule has 0 aliphatic carbocycles. The van der Waals surface area contributed by atoms with E-state index in [1.807, 2.05) is 6.92 Å². The van der Waals surface area contributed by atoms with Gasteiger partial charge in [-0.25, -0.2) is 9.59 Å². The number of urea groups is 1.